The SMILES string of the molecule is O=C(Cc1ccccc1)N[C@H](CO)[C@H](O)c1ccc([N+](=O)[O-])cc1. The largest absolute Gasteiger partial charge is 0.394 e. The van der Waals surface area contributed by atoms with Gasteiger partial charge >= 0.3 is 0 Å². The first-order valence-electron chi connectivity index (χ1n) is 7.38. The molecule has 0 aliphatic carbocycles. The van der Waals surface area contributed by atoms with Crippen LogP contribution < -0.4 is 5.32 Å². The number of carbonyl (C=O) groups excluding carboxylic acids is 1. The zero-order valence-electron chi connectivity index (χ0n) is 12.8. The third kappa shape index (κ3) is 4.61. The van der Waals surface area contributed by atoms with E-state index in [2.05, 4.69) is 5.32 Å². The predicted octanol–water partition coefficient (Wildman–Crippen LogP) is 1.35. The standard InChI is InChI=1S/C17H18N2O5/c20-11-15(18-16(21)10-12-4-2-1-3-5-12)17(22)13-6-8-14(9-7-13)19(23)24/h1-9,15,17,20,22H,10-11H2,(H,18,21)/t15-,17-/m1/s1. The molecule has 0 aromatic heterocycles. The van der Waals surface area contributed by atoms with Gasteiger partial charge in [0.05, 0.1) is 24.0 Å². The van der Waals surface area contributed by atoms with Gasteiger partial charge in [0.2, 0.25) is 5.91 Å². The Bertz CT molecular complexity index is 688. The molecule has 1 amide bonds. The minimum atomic E-state index is -1.17. The summed E-state index contributed by atoms with van der Waals surface area (Å²) in [5, 5.41) is 32.9. The second-order valence-corrected chi connectivity index (χ2v) is 5.31. The van der Waals surface area contributed by atoms with Crippen molar-refractivity contribution >= 4 is 11.6 Å². The third-order valence-corrected chi connectivity index (χ3v) is 3.58. The molecule has 0 spiro atoms. The van der Waals surface area contributed by atoms with E-state index in [4.69, 9.17) is 0 Å². The summed E-state index contributed by atoms with van der Waals surface area (Å²) in [5.74, 6) is -0.332. The first-order chi connectivity index (χ1) is 11.5. The van der Waals surface area contributed by atoms with Gasteiger partial charge in [0, 0.05) is 12.1 Å². The molecular formula is C17H18N2O5. The number of aliphatic hydroxyl groups is 2. The van der Waals surface area contributed by atoms with Gasteiger partial charge in [-0.3, -0.25) is 14.9 Å². The van der Waals surface area contributed by atoms with Crippen molar-refractivity contribution in [2.45, 2.75) is 18.6 Å². The Hall–Kier alpha value is -2.77. The van der Waals surface area contributed by atoms with Gasteiger partial charge in [0.25, 0.3) is 5.69 Å². The average molecular weight is 330 g/mol. The molecule has 0 heterocycles. The number of hydrogen-bond donors (Lipinski definition) is 3. The van der Waals surface area contributed by atoms with E-state index in [0.29, 0.717) is 5.56 Å². The zero-order chi connectivity index (χ0) is 17.5. The highest BCUT2D eigenvalue weighted by atomic mass is 16.6. The number of nitrogens with zero attached hydrogens (tertiary/aromatic N) is 1. The lowest BCUT2D eigenvalue weighted by Crippen LogP contribution is -2.42. The van der Waals surface area contributed by atoms with Crippen LogP contribution in [0.15, 0.2) is 54.6 Å². The fraction of sp³-hybridized carbons (Fsp3) is 0.235. The molecule has 0 aliphatic heterocycles. The van der Waals surface area contributed by atoms with Crippen molar-refractivity contribution in [3.63, 3.8) is 0 Å². The van der Waals surface area contributed by atoms with Crippen molar-refractivity contribution < 1.29 is 19.9 Å². The summed E-state index contributed by atoms with van der Waals surface area (Å²) in [4.78, 5) is 22.1. The Balaban J connectivity index is 2.01. The molecule has 2 atom stereocenters. The smallest absolute Gasteiger partial charge is 0.269 e. The minimum Gasteiger partial charge on any atom is -0.394 e. The second kappa shape index (κ2) is 8.19. The van der Waals surface area contributed by atoms with Crippen LogP contribution in [0.3, 0.4) is 0 Å². The maximum atomic E-state index is 12.0. The molecule has 24 heavy (non-hydrogen) atoms. The number of nitrogens with one attached hydrogen (secondary N) is 1. The molecule has 2 rings (SSSR count). The maximum absolute atomic E-state index is 12.0. The Morgan fingerprint density at radius 1 is 1.12 bits per heavy atom. The number of non-ortho nitro benzene ring substituents is 1. The lowest BCUT2D eigenvalue weighted by atomic mass is 10.0. The van der Waals surface area contributed by atoms with Crippen molar-refractivity contribution in [1.82, 2.24) is 5.32 Å². The van der Waals surface area contributed by atoms with Gasteiger partial charge in [-0.25, -0.2) is 0 Å². The highest BCUT2D eigenvalue weighted by molar-refractivity contribution is 5.78. The number of amides is 1. The van der Waals surface area contributed by atoms with Crippen LogP contribution in [0.25, 0.3) is 0 Å². The molecule has 0 bridgehead atoms. The molecular weight excluding hydrogens is 312 g/mol. The second-order valence-electron chi connectivity index (χ2n) is 5.31. The van der Waals surface area contributed by atoms with E-state index in [1.165, 1.54) is 24.3 Å². The number of aliphatic hydroxyl groups excluding tert-OH is 2. The number of hydrogen-bond acceptors (Lipinski definition) is 5. The van der Waals surface area contributed by atoms with Crippen molar-refractivity contribution in [1.29, 1.82) is 0 Å². The van der Waals surface area contributed by atoms with Crippen LogP contribution in [0.4, 0.5) is 5.69 Å². The van der Waals surface area contributed by atoms with Gasteiger partial charge in [-0.2, -0.15) is 0 Å². The summed E-state index contributed by atoms with van der Waals surface area (Å²) in [7, 11) is 0. The average Bonchev–Trinajstić information content (AvgIpc) is 2.60. The van der Waals surface area contributed by atoms with E-state index in [1.54, 1.807) is 12.1 Å². The van der Waals surface area contributed by atoms with E-state index >= 15 is 0 Å². The molecule has 0 fully saturated rings. The van der Waals surface area contributed by atoms with Crippen molar-refractivity contribution in [2.75, 3.05) is 6.61 Å². The molecule has 0 aliphatic rings. The fourth-order valence-corrected chi connectivity index (χ4v) is 2.29. The van der Waals surface area contributed by atoms with E-state index < -0.39 is 23.7 Å². The molecule has 2 aromatic carbocycles. The van der Waals surface area contributed by atoms with E-state index in [9.17, 15) is 25.1 Å². The van der Waals surface area contributed by atoms with Gasteiger partial charge in [0.15, 0.2) is 0 Å². The molecule has 0 saturated carbocycles. The fourth-order valence-electron chi connectivity index (χ4n) is 2.29. The Labute approximate surface area is 138 Å². The normalized spacial score (nSPS) is 13.1. The first-order valence-corrected chi connectivity index (χ1v) is 7.38. The number of carbonyl (C=O) groups is 1. The Morgan fingerprint density at radius 2 is 1.75 bits per heavy atom. The third-order valence-electron chi connectivity index (χ3n) is 3.58. The molecule has 0 unspecified atom stereocenters. The van der Waals surface area contributed by atoms with Crippen LogP contribution in [0, 0.1) is 10.1 Å². The lowest BCUT2D eigenvalue weighted by molar-refractivity contribution is -0.384. The van der Waals surface area contributed by atoms with Gasteiger partial charge in [-0.05, 0) is 23.3 Å². The van der Waals surface area contributed by atoms with Gasteiger partial charge in [-0.1, -0.05) is 30.3 Å². The number of rotatable bonds is 7. The molecule has 2 aromatic rings. The lowest BCUT2D eigenvalue weighted by Gasteiger charge is -2.22. The monoisotopic (exact) mass is 330 g/mol. The Morgan fingerprint density at radius 3 is 2.29 bits per heavy atom. The molecule has 7 nitrogen and oxygen atoms in total. The Kier molecular flexibility index (Phi) is 6.00. The predicted molar refractivity (Wildman–Crippen MR) is 87.2 cm³/mol. The summed E-state index contributed by atoms with van der Waals surface area (Å²) in [5.41, 5.74) is 1.09. The summed E-state index contributed by atoms with van der Waals surface area (Å²) in [6.45, 7) is -0.460. The van der Waals surface area contributed by atoms with E-state index in [-0.39, 0.29) is 18.0 Å². The topological polar surface area (TPSA) is 113 Å². The molecule has 7 heteroatoms. The highest BCUT2D eigenvalue weighted by Crippen LogP contribution is 2.20. The van der Waals surface area contributed by atoms with Gasteiger partial charge in [-0.15, -0.1) is 0 Å². The zero-order valence-corrected chi connectivity index (χ0v) is 12.8. The van der Waals surface area contributed by atoms with Crippen LogP contribution in [-0.2, 0) is 11.2 Å². The van der Waals surface area contributed by atoms with Gasteiger partial charge in [0.1, 0.15) is 6.10 Å². The summed E-state index contributed by atoms with van der Waals surface area (Å²) >= 11 is 0. The molecule has 0 saturated heterocycles. The number of nitro benzene ring substituents is 1. The molecule has 0 radical (unpaired) electrons. The number of nitro groups is 1. The van der Waals surface area contributed by atoms with Crippen LogP contribution in [0.5, 0.6) is 0 Å². The van der Waals surface area contributed by atoms with E-state index in [0.717, 1.165) is 5.56 Å². The van der Waals surface area contributed by atoms with Crippen LogP contribution >= 0.6 is 0 Å². The van der Waals surface area contributed by atoms with E-state index in [1.807, 2.05) is 18.2 Å². The van der Waals surface area contributed by atoms with Crippen molar-refractivity contribution in [3.8, 4) is 0 Å². The van der Waals surface area contributed by atoms with Crippen LogP contribution in [0.1, 0.15) is 17.2 Å². The summed E-state index contributed by atoms with van der Waals surface area (Å²) in [6.07, 6.45) is -1.04. The van der Waals surface area contributed by atoms with Crippen LogP contribution in [-0.4, -0.2) is 33.7 Å². The van der Waals surface area contributed by atoms with Crippen molar-refractivity contribution in [3.05, 3.63) is 75.8 Å². The molecule has 3 N–H and O–H groups in total. The van der Waals surface area contributed by atoms with Crippen LogP contribution in [0.2, 0.25) is 0 Å². The maximum Gasteiger partial charge on any atom is 0.269 e. The number of benzene rings is 2. The summed E-state index contributed by atoms with van der Waals surface area (Å²) < 4.78 is 0. The van der Waals surface area contributed by atoms with Crippen molar-refractivity contribution in [2.24, 2.45) is 0 Å². The highest BCUT2D eigenvalue weighted by Gasteiger charge is 2.22. The minimum absolute atomic E-state index is 0.0976. The molecule has 126 valence electrons. The summed E-state index contributed by atoms with van der Waals surface area (Å²) in [6, 6.07) is 13.5. The van der Waals surface area contributed by atoms with Gasteiger partial charge < -0.3 is 15.5 Å². The quantitative estimate of drug-likeness (QED) is 0.524. The first kappa shape index (κ1) is 17.6.